The zero-order chi connectivity index (χ0) is 15.8. The minimum Gasteiger partial charge on any atom is -0.307 e. The molecule has 4 rings (SSSR count). The van der Waals surface area contributed by atoms with E-state index in [0.29, 0.717) is 17.2 Å². The first-order valence-electron chi connectivity index (χ1n) is 6.94. The summed E-state index contributed by atoms with van der Waals surface area (Å²) in [5.74, 6) is 0.417. The molecule has 4 aromatic rings. The zero-order valence-corrected chi connectivity index (χ0v) is 11.9. The lowest BCUT2D eigenvalue weighted by molar-refractivity contribution is 0.102. The number of imidazole rings is 1. The van der Waals surface area contributed by atoms with Crippen molar-refractivity contribution < 1.29 is 4.79 Å². The van der Waals surface area contributed by atoms with Gasteiger partial charge in [-0.25, -0.2) is 4.98 Å². The standard InChI is InChI=1S/C16H11N5O2/c22-14-9-13(19-15(23)10-5-7-17-8-6-10)21-12-4-2-1-3-11(12)18-16(21)20-14/h1-9H,(H,19,23)(H,18,20,22). The van der Waals surface area contributed by atoms with Crippen molar-refractivity contribution in [3.05, 3.63) is 70.8 Å². The number of carbonyl (C=O) groups excluding carboxylic acids is 1. The number of aromatic amines is 1. The second kappa shape index (κ2) is 5.06. The highest BCUT2D eigenvalue weighted by Gasteiger charge is 2.13. The molecule has 1 aromatic carbocycles. The summed E-state index contributed by atoms with van der Waals surface area (Å²) in [7, 11) is 0. The summed E-state index contributed by atoms with van der Waals surface area (Å²) >= 11 is 0. The number of nitrogens with one attached hydrogen (secondary N) is 2. The molecule has 7 heteroatoms. The Morgan fingerprint density at radius 1 is 1.13 bits per heavy atom. The molecule has 3 aromatic heterocycles. The number of nitrogens with zero attached hydrogens (tertiary/aromatic N) is 3. The van der Waals surface area contributed by atoms with E-state index in [1.807, 2.05) is 24.3 Å². The van der Waals surface area contributed by atoms with E-state index in [-0.39, 0.29) is 11.5 Å². The van der Waals surface area contributed by atoms with Crippen molar-refractivity contribution in [2.45, 2.75) is 0 Å². The van der Waals surface area contributed by atoms with E-state index in [0.717, 1.165) is 11.0 Å². The van der Waals surface area contributed by atoms with E-state index in [1.165, 1.54) is 18.5 Å². The maximum atomic E-state index is 12.3. The zero-order valence-electron chi connectivity index (χ0n) is 11.9. The number of para-hydroxylation sites is 2. The Labute approximate surface area is 129 Å². The van der Waals surface area contributed by atoms with Crippen LogP contribution in [0, 0.1) is 0 Å². The number of pyridine rings is 1. The van der Waals surface area contributed by atoms with Crippen LogP contribution in [0.15, 0.2) is 59.7 Å². The number of amides is 1. The van der Waals surface area contributed by atoms with Gasteiger partial charge >= 0.3 is 0 Å². The maximum absolute atomic E-state index is 12.3. The smallest absolute Gasteiger partial charge is 0.256 e. The lowest BCUT2D eigenvalue weighted by atomic mass is 10.2. The van der Waals surface area contributed by atoms with E-state index in [4.69, 9.17) is 0 Å². The van der Waals surface area contributed by atoms with Crippen LogP contribution in [0.4, 0.5) is 5.82 Å². The molecule has 0 radical (unpaired) electrons. The monoisotopic (exact) mass is 305 g/mol. The highest BCUT2D eigenvalue weighted by Crippen LogP contribution is 2.19. The molecule has 0 fully saturated rings. The summed E-state index contributed by atoms with van der Waals surface area (Å²) in [6.45, 7) is 0. The van der Waals surface area contributed by atoms with Crippen LogP contribution in [-0.2, 0) is 0 Å². The molecule has 1 amide bonds. The van der Waals surface area contributed by atoms with Gasteiger partial charge in [0.2, 0.25) is 5.78 Å². The van der Waals surface area contributed by atoms with Gasteiger partial charge in [-0.3, -0.25) is 24.0 Å². The van der Waals surface area contributed by atoms with Gasteiger partial charge in [-0.15, -0.1) is 0 Å². The molecule has 2 N–H and O–H groups in total. The molecule has 0 saturated carbocycles. The molecule has 7 nitrogen and oxygen atoms in total. The predicted molar refractivity (Wildman–Crippen MR) is 85.5 cm³/mol. The second-order valence-corrected chi connectivity index (χ2v) is 4.97. The average molecular weight is 305 g/mol. The van der Waals surface area contributed by atoms with Gasteiger partial charge in [-0.2, -0.15) is 0 Å². The van der Waals surface area contributed by atoms with E-state index in [1.54, 1.807) is 16.5 Å². The summed E-state index contributed by atoms with van der Waals surface area (Å²) < 4.78 is 1.70. The summed E-state index contributed by atoms with van der Waals surface area (Å²) in [6.07, 6.45) is 3.07. The molecule has 0 aliphatic rings. The van der Waals surface area contributed by atoms with Crippen LogP contribution in [0.2, 0.25) is 0 Å². The molecule has 0 atom stereocenters. The second-order valence-electron chi connectivity index (χ2n) is 4.97. The fourth-order valence-corrected chi connectivity index (χ4v) is 2.47. The Morgan fingerprint density at radius 3 is 2.74 bits per heavy atom. The van der Waals surface area contributed by atoms with Gasteiger partial charge in [0.05, 0.1) is 11.0 Å². The van der Waals surface area contributed by atoms with Gasteiger partial charge in [0.1, 0.15) is 5.82 Å². The number of rotatable bonds is 2. The SMILES string of the molecule is O=C(Nc1cc(=O)[nH]c2nc3ccccc3n12)c1ccncc1. The topological polar surface area (TPSA) is 92.1 Å². The summed E-state index contributed by atoms with van der Waals surface area (Å²) in [6, 6.07) is 12.0. The van der Waals surface area contributed by atoms with Crippen molar-refractivity contribution in [2.24, 2.45) is 0 Å². The number of aromatic nitrogens is 4. The lowest BCUT2D eigenvalue weighted by Gasteiger charge is -2.08. The highest BCUT2D eigenvalue weighted by molar-refractivity contribution is 6.04. The van der Waals surface area contributed by atoms with Crippen molar-refractivity contribution >= 4 is 28.5 Å². The summed E-state index contributed by atoms with van der Waals surface area (Å²) in [5.41, 5.74) is 1.65. The van der Waals surface area contributed by atoms with Crippen molar-refractivity contribution in [3.63, 3.8) is 0 Å². The van der Waals surface area contributed by atoms with E-state index in [9.17, 15) is 9.59 Å². The van der Waals surface area contributed by atoms with E-state index in [2.05, 4.69) is 20.3 Å². The number of hydrogen-bond donors (Lipinski definition) is 2. The largest absolute Gasteiger partial charge is 0.307 e. The van der Waals surface area contributed by atoms with Gasteiger partial charge in [-0.1, -0.05) is 12.1 Å². The normalized spacial score (nSPS) is 11.0. The molecular weight excluding hydrogens is 294 g/mol. The minimum atomic E-state index is -0.335. The van der Waals surface area contributed by atoms with Crippen molar-refractivity contribution in [1.29, 1.82) is 0 Å². The number of anilines is 1. The molecule has 23 heavy (non-hydrogen) atoms. The quantitative estimate of drug-likeness (QED) is 0.591. The number of benzene rings is 1. The third-order valence-corrected chi connectivity index (χ3v) is 3.49. The highest BCUT2D eigenvalue weighted by atomic mass is 16.2. The molecule has 0 aliphatic heterocycles. The van der Waals surface area contributed by atoms with Crippen LogP contribution in [0.5, 0.6) is 0 Å². The van der Waals surface area contributed by atoms with Crippen molar-refractivity contribution in [1.82, 2.24) is 19.4 Å². The van der Waals surface area contributed by atoms with Gasteiger partial charge in [0.15, 0.2) is 0 Å². The first-order chi connectivity index (χ1) is 11.2. The van der Waals surface area contributed by atoms with Gasteiger partial charge in [0, 0.05) is 24.0 Å². The van der Waals surface area contributed by atoms with Crippen molar-refractivity contribution in [2.75, 3.05) is 5.32 Å². The minimum absolute atomic E-state index is 0.322. The van der Waals surface area contributed by atoms with Crippen LogP contribution in [-0.4, -0.2) is 25.3 Å². The van der Waals surface area contributed by atoms with Crippen LogP contribution in [0.3, 0.4) is 0 Å². The third-order valence-electron chi connectivity index (χ3n) is 3.49. The van der Waals surface area contributed by atoms with Crippen LogP contribution in [0.1, 0.15) is 10.4 Å². The average Bonchev–Trinajstić information content (AvgIpc) is 2.93. The first-order valence-corrected chi connectivity index (χ1v) is 6.94. The molecule has 3 heterocycles. The Hall–Kier alpha value is -3.48. The van der Waals surface area contributed by atoms with E-state index < -0.39 is 0 Å². The molecule has 0 unspecified atom stereocenters. The number of fused-ring (bicyclic) bond motifs is 3. The fourth-order valence-electron chi connectivity index (χ4n) is 2.47. The van der Waals surface area contributed by atoms with Crippen molar-refractivity contribution in [3.8, 4) is 0 Å². The Kier molecular flexibility index (Phi) is 2.90. The maximum Gasteiger partial charge on any atom is 0.256 e. The van der Waals surface area contributed by atoms with Gasteiger partial charge < -0.3 is 5.32 Å². The third kappa shape index (κ3) is 2.24. The molecule has 0 bridgehead atoms. The van der Waals surface area contributed by atoms with Crippen LogP contribution in [0.25, 0.3) is 16.8 Å². The fraction of sp³-hybridized carbons (Fsp3) is 0. The predicted octanol–water partition coefficient (Wildman–Crippen LogP) is 1.82. The molecule has 112 valence electrons. The Morgan fingerprint density at radius 2 is 1.91 bits per heavy atom. The lowest BCUT2D eigenvalue weighted by Crippen LogP contribution is -2.18. The number of carbonyl (C=O) groups is 1. The number of hydrogen-bond acceptors (Lipinski definition) is 4. The first kappa shape index (κ1) is 13.2. The molecule has 0 spiro atoms. The van der Waals surface area contributed by atoms with E-state index >= 15 is 0 Å². The van der Waals surface area contributed by atoms with Crippen LogP contribution >= 0.6 is 0 Å². The Bertz CT molecular complexity index is 1080. The number of H-pyrrole nitrogens is 1. The van der Waals surface area contributed by atoms with Gasteiger partial charge in [-0.05, 0) is 24.3 Å². The molecular formula is C16H11N5O2. The van der Waals surface area contributed by atoms with Crippen LogP contribution < -0.4 is 10.9 Å². The molecule has 0 saturated heterocycles. The van der Waals surface area contributed by atoms with Gasteiger partial charge in [0.25, 0.3) is 11.5 Å². The molecule has 0 aliphatic carbocycles. The summed E-state index contributed by atoms with van der Waals surface area (Å²) in [4.78, 5) is 35.1. The Balaban J connectivity index is 1.89. The summed E-state index contributed by atoms with van der Waals surface area (Å²) in [5, 5.41) is 2.76.